The van der Waals surface area contributed by atoms with Gasteiger partial charge in [0.1, 0.15) is 18.3 Å². The van der Waals surface area contributed by atoms with Crippen LogP contribution >= 0.6 is 0 Å². The van der Waals surface area contributed by atoms with Crippen molar-refractivity contribution in [1.82, 2.24) is 0 Å². The lowest BCUT2D eigenvalue weighted by Crippen LogP contribution is -2.58. The third-order valence-electron chi connectivity index (χ3n) is 3.15. The highest BCUT2D eigenvalue weighted by atomic mass is 16.9. The van der Waals surface area contributed by atoms with Crippen LogP contribution in [0.25, 0.3) is 0 Å². The second kappa shape index (κ2) is 5.45. The molecule has 2 aliphatic rings. The Morgan fingerprint density at radius 1 is 1.19 bits per heavy atom. The molecule has 2 rings (SSSR count). The Kier molecular flexibility index (Phi) is 4.31. The number of rotatable bonds is 2. The molecule has 21 heavy (non-hydrogen) atoms. The fourth-order valence-electron chi connectivity index (χ4n) is 2.46. The first-order valence-corrected chi connectivity index (χ1v) is 6.71. The van der Waals surface area contributed by atoms with Crippen molar-refractivity contribution in [1.29, 1.82) is 0 Å². The Hall–Kier alpha value is -0.770. The number of ether oxygens (including phenoxy) is 5. The molecule has 0 spiro atoms. The largest absolute Gasteiger partial charge is 0.467 e. The monoisotopic (exact) mass is 306 g/mol. The minimum Gasteiger partial charge on any atom is -0.467 e. The van der Waals surface area contributed by atoms with Crippen molar-refractivity contribution < 1.29 is 38.7 Å². The van der Waals surface area contributed by atoms with Crippen LogP contribution in [0.2, 0.25) is 0 Å². The molecule has 2 heterocycles. The summed E-state index contributed by atoms with van der Waals surface area (Å²) in [5.74, 6) is -2.24. The van der Waals surface area contributed by atoms with Crippen LogP contribution in [0.5, 0.6) is 0 Å². The van der Waals surface area contributed by atoms with Crippen LogP contribution in [0.15, 0.2) is 0 Å². The van der Waals surface area contributed by atoms with E-state index in [-0.39, 0.29) is 0 Å². The van der Waals surface area contributed by atoms with Gasteiger partial charge >= 0.3 is 5.97 Å². The molecule has 8 heteroatoms. The quantitative estimate of drug-likeness (QED) is 0.659. The number of carbonyl (C=O) groups excluding carboxylic acids is 1. The summed E-state index contributed by atoms with van der Waals surface area (Å²) in [7, 11) is 1.16. The molecule has 6 unspecified atom stereocenters. The average molecular weight is 306 g/mol. The third kappa shape index (κ3) is 3.36. The Bertz CT molecular complexity index is 405. The van der Waals surface area contributed by atoms with Gasteiger partial charge in [0.15, 0.2) is 12.4 Å². The maximum atomic E-state index is 11.6. The van der Waals surface area contributed by atoms with E-state index >= 15 is 0 Å². The van der Waals surface area contributed by atoms with Gasteiger partial charge in [0.25, 0.3) is 5.97 Å². The molecule has 122 valence electrons. The van der Waals surface area contributed by atoms with Gasteiger partial charge in [-0.15, -0.1) is 0 Å². The molecule has 6 atom stereocenters. The number of hydrogen-bond acceptors (Lipinski definition) is 8. The Morgan fingerprint density at radius 3 is 2.33 bits per heavy atom. The van der Waals surface area contributed by atoms with E-state index < -0.39 is 48.2 Å². The maximum Gasteiger partial charge on any atom is 0.337 e. The lowest BCUT2D eigenvalue weighted by atomic mass is 9.99. The van der Waals surface area contributed by atoms with Crippen molar-refractivity contribution in [3.05, 3.63) is 0 Å². The normalized spacial score (nSPS) is 43.5. The van der Waals surface area contributed by atoms with Crippen molar-refractivity contribution in [3.63, 3.8) is 0 Å². The van der Waals surface area contributed by atoms with Crippen LogP contribution < -0.4 is 0 Å². The predicted octanol–water partition coefficient (Wildman–Crippen LogP) is -0.490. The van der Waals surface area contributed by atoms with Gasteiger partial charge in [0.05, 0.1) is 12.7 Å². The van der Waals surface area contributed by atoms with Crippen LogP contribution in [0.3, 0.4) is 0 Å². The van der Waals surface area contributed by atoms with Gasteiger partial charge in [0, 0.05) is 6.92 Å². The van der Waals surface area contributed by atoms with Gasteiger partial charge in [-0.2, -0.15) is 0 Å². The molecule has 0 radical (unpaired) electrons. The van der Waals surface area contributed by atoms with Crippen LogP contribution in [0.1, 0.15) is 27.7 Å². The summed E-state index contributed by atoms with van der Waals surface area (Å²) in [6.07, 6.45) is -6.18. The molecule has 2 saturated heterocycles. The first kappa shape index (κ1) is 16.6. The number of aliphatic hydroxyl groups is 2. The minimum absolute atomic E-state index is 0.562. The first-order chi connectivity index (χ1) is 9.56. The van der Waals surface area contributed by atoms with E-state index in [0.29, 0.717) is 0 Å². The van der Waals surface area contributed by atoms with Crippen LogP contribution in [-0.4, -0.2) is 65.6 Å². The van der Waals surface area contributed by atoms with Gasteiger partial charge < -0.3 is 29.2 Å². The van der Waals surface area contributed by atoms with Crippen molar-refractivity contribution in [2.24, 2.45) is 0 Å². The molecule has 0 aliphatic carbocycles. The number of esters is 1. The first-order valence-electron chi connectivity index (χ1n) is 6.71. The van der Waals surface area contributed by atoms with E-state index in [4.69, 9.17) is 18.9 Å². The zero-order valence-corrected chi connectivity index (χ0v) is 12.7. The molecule has 2 aliphatic heterocycles. The highest BCUT2D eigenvalue weighted by Crippen LogP contribution is 2.39. The molecule has 2 N–H and O–H groups in total. The molecule has 0 aromatic rings. The third-order valence-corrected chi connectivity index (χ3v) is 3.15. The number of hydrogen-bond donors (Lipinski definition) is 2. The molecule has 8 nitrogen and oxygen atoms in total. The van der Waals surface area contributed by atoms with E-state index in [0.717, 1.165) is 7.11 Å². The second-order valence-corrected chi connectivity index (χ2v) is 6.21. The Morgan fingerprint density at radius 2 is 1.81 bits per heavy atom. The summed E-state index contributed by atoms with van der Waals surface area (Å²) in [5.41, 5.74) is -0.562. The average Bonchev–Trinajstić information content (AvgIpc) is 2.67. The molecular formula is C13H22O8. The fraction of sp³-hybridized carbons (Fsp3) is 0.923. The highest BCUT2D eigenvalue weighted by molar-refractivity contribution is 5.75. The van der Waals surface area contributed by atoms with E-state index in [9.17, 15) is 15.0 Å². The minimum atomic E-state index is -1.47. The molecule has 0 aromatic carbocycles. The van der Waals surface area contributed by atoms with E-state index in [1.807, 2.05) is 20.8 Å². The molecular weight excluding hydrogens is 284 g/mol. The van der Waals surface area contributed by atoms with E-state index in [1.54, 1.807) is 0 Å². The number of carbonyl (C=O) groups is 1. The van der Waals surface area contributed by atoms with Crippen molar-refractivity contribution in [2.45, 2.75) is 70.0 Å². The van der Waals surface area contributed by atoms with Crippen molar-refractivity contribution in [3.8, 4) is 0 Å². The Labute approximate surface area is 122 Å². The lowest BCUT2D eigenvalue weighted by Gasteiger charge is -2.35. The van der Waals surface area contributed by atoms with Crippen LogP contribution in [0, 0.1) is 0 Å². The Balaban J connectivity index is 2.14. The van der Waals surface area contributed by atoms with E-state index in [1.165, 1.54) is 6.92 Å². The summed E-state index contributed by atoms with van der Waals surface area (Å²) >= 11 is 0. The maximum absolute atomic E-state index is 11.6. The van der Waals surface area contributed by atoms with Gasteiger partial charge in [-0.05, 0) is 20.8 Å². The number of fused-ring (bicyclic) bond motifs is 1. The summed E-state index contributed by atoms with van der Waals surface area (Å²) in [4.78, 5) is 11.6. The van der Waals surface area contributed by atoms with Gasteiger partial charge in [-0.25, -0.2) is 4.79 Å². The zero-order valence-electron chi connectivity index (χ0n) is 12.7. The molecule has 0 bridgehead atoms. The predicted molar refractivity (Wildman–Crippen MR) is 67.9 cm³/mol. The molecule has 2 fully saturated rings. The zero-order chi connectivity index (χ0) is 16.0. The summed E-state index contributed by atoms with van der Waals surface area (Å²) in [6, 6.07) is 0. The summed E-state index contributed by atoms with van der Waals surface area (Å²) in [5, 5.41) is 20.0. The highest BCUT2D eigenvalue weighted by Gasteiger charge is 2.58. The topological polar surface area (TPSA) is 104 Å². The smallest absolute Gasteiger partial charge is 0.337 e. The molecule has 0 saturated carbocycles. The van der Waals surface area contributed by atoms with Gasteiger partial charge in [-0.1, -0.05) is 0 Å². The number of methoxy groups -OCH3 is 1. The van der Waals surface area contributed by atoms with Gasteiger partial charge in [0.2, 0.25) is 0 Å². The second-order valence-electron chi connectivity index (χ2n) is 6.21. The summed E-state index contributed by atoms with van der Waals surface area (Å²) in [6.45, 7) is 6.98. The SMILES string of the molecule is COC(=O)C1OC2OC(C)(OC(C)(C)C)OC2C(O)C1O. The van der Waals surface area contributed by atoms with Gasteiger partial charge in [-0.3, -0.25) is 4.74 Å². The van der Waals surface area contributed by atoms with Crippen molar-refractivity contribution in [2.75, 3.05) is 7.11 Å². The molecule has 0 amide bonds. The molecule has 0 aromatic heterocycles. The van der Waals surface area contributed by atoms with Crippen LogP contribution in [-0.2, 0) is 28.5 Å². The van der Waals surface area contributed by atoms with Crippen molar-refractivity contribution >= 4 is 5.97 Å². The fourth-order valence-corrected chi connectivity index (χ4v) is 2.46. The summed E-state index contributed by atoms with van der Waals surface area (Å²) < 4.78 is 26.6. The van der Waals surface area contributed by atoms with Crippen LogP contribution in [0.4, 0.5) is 0 Å². The number of aliphatic hydroxyl groups excluding tert-OH is 2. The van der Waals surface area contributed by atoms with E-state index in [2.05, 4.69) is 4.74 Å². The standard InChI is InChI=1S/C13H22O8/c1-12(2,3)21-13(4)19-9-7(15)6(14)8(10(16)17-5)18-11(9)20-13/h6-9,11,14-15H,1-5H3. The lowest BCUT2D eigenvalue weighted by molar-refractivity contribution is -0.371.